The van der Waals surface area contributed by atoms with E-state index >= 15 is 0 Å². The molecule has 2 aromatic heterocycles. The van der Waals surface area contributed by atoms with Gasteiger partial charge in [0.1, 0.15) is 11.4 Å². The first kappa shape index (κ1) is 19.6. The van der Waals surface area contributed by atoms with Crippen molar-refractivity contribution in [3.63, 3.8) is 0 Å². The van der Waals surface area contributed by atoms with Gasteiger partial charge in [0.25, 0.3) is 11.8 Å². The van der Waals surface area contributed by atoms with Crippen LogP contribution in [0.5, 0.6) is 0 Å². The normalized spacial score (nSPS) is 13.0. The van der Waals surface area contributed by atoms with Crippen molar-refractivity contribution in [1.29, 1.82) is 0 Å². The molecule has 0 unspecified atom stereocenters. The van der Waals surface area contributed by atoms with Gasteiger partial charge in [-0.2, -0.15) is 9.78 Å². The summed E-state index contributed by atoms with van der Waals surface area (Å²) >= 11 is 0. The molecule has 30 heavy (non-hydrogen) atoms. The molecule has 0 radical (unpaired) electrons. The monoisotopic (exact) mass is 404 g/mol. The fourth-order valence-corrected chi connectivity index (χ4v) is 3.09. The van der Waals surface area contributed by atoms with Crippen molar-refractivity contribution in [3.05, 3.63) is 65.5 Å². The van der Waals surface area contributed by atoms with Crippen LogP contribution in [-0.4, -0.2) is 39.2 Å². The summed E-state index contributed by atoms with van der Waals surface area (Å²) in [6.45, 7) is 4.46. The summed E-state index contributed by atoms with van der Waals surface area (Å²) in [5.74, 6) is 0.747. The predicted molar refractivity (Wildman–Crippen MR) is 115 cm³/mol. The summed E-state index contributed by atoms with van der Waals surface area (Å²) in [7, 11) is 0. The highest BCUT2D eigenvalue weighted by Crippen LogP contribution is 2.24. The zero-order valence-corrected chi connectivity index (χ0v) is 17.0. The molecular weight excluding hydrogens is 380 g/mol. The molecule has 0 spiro atoms. The first-order valence-corrected chi connectivity index (χ1v) is 10.0. The van der Waals surface area contributed by atoms with Crippen LogP contribution in [0.1, 0.15) is 46.0 Å². The Kier molecular flexibility index (Phi) is 5.47. The molecule has 0 aliphatic heterocycles. The van der Waals surface area contributed by atoms with Gasteiger partial charge in [-0.3, -0.25) is 9.59 Å². The average Bonchev–Trinajstić information content (AvgIpc) is 3.47. The number of amides is 2. The number of hydrogen-bond acceptors (Lipinski definition) is 5. The maximum atomic E-state index is 13.1. The SMILES string of the molecule is CCNc1c(C(=O)Nc2cc(C(=O)NC3CC3)ccc2C)cnn1-c1ccccn1. The van der Waals surface area contributed by atoms with Crippen LogP contribution in [0.25, 0.3) is 5.82 Å². The Balaban J connectivity index is 1.59. The minimum atomic E-state index is -0.309. The summed E-state index contributed by atoms with van der Waals surface area (Å²) in [5.41, 5.74) is 2.39. The average molecular weight is 404 g/mol. The highest BCUT2D eigenvalue weighted by Gasteiger charge is 2.24. The van der Waals surface area contributed by atoms with E-state index in [9.17, 15) is 9.59 Å². The quantitative estimate of drug-likeness (QED) is 0.562. The Hall–Kier alpha value is -3.68. The van der Waals surface area contributed by atoms with Gasteiger partial charge < -0.3 is 16.0 Å². The summed E-state index contributed by atoms with van der Waals surface area (Å²) in [6, 6.07) is 11.1. The third-order valence-corrected chi connectivity index (χ3v) is 4.88. The zero-order chi connectivity index (χ0) is 21.1. The van der Waals surface area contributed by atoms with Crippen LogP contribution in [0.2, 0.25) is 0 Å². The van der Waals surface area contributed by atoms with Crippen LogP contribution in [-0.2, 0) is 0 Å². The van der Waals surface area contributed by atoms with Gasteiger partial charge in [0.2, 0.25) is 0 Å². The van der Waals surface area contributed by atoms with Crippen LogP contribution in [0.3, 0.4) is 0 Å². The van der Waals surface area contributed by atoms with Gasteiger partial charge in [-0.1, -0.05) is 12.1 Å². The molecule has 0 bridgehead atoms. The van der Waals surface area contributed by atoms with Crippen molar-refractivity contribution >= 4 is 23.3 Å². The highest BCUT2D eigenvalue weighted by molar-refractivity contribution is 6.08. The molecular formula is C22H24N6O2. The second kappa shape index (κ2) is 8.36. The number of pyridine rings is 1. The molecule has 3 N–H and O–H groups in total. The van der Waals surface area contributed by atoms with Crippen molar-refractivity contribution in [3.8, 4) is 5.82 Å². The summed E-state index contributed by atoms with van der Waals surface area (Å²) in [6.07, 6.45) is 5.23. The highest BCUT2D eigenvalue weighted by atomic mass is 16.2. The molecule has 1 aromatic carbocycles. The second-order valence-electron chi connectivity index (χ2n) is 7.27. The second-order valence-corrected chi connectivity index (χ2v) is 7.27. The fraction of sp³-hybridized carbons (Fsp3) is 0.273. The number of carbonyl (C=O) groups excluding carboxylic acids is 2. The Bertz CT molecular complexity index is 1070. The molecule has 4 rings (SSSR count). The number of nitrogens with one attached hydrogen (secondary N) is 3. The Morgan fingerprint density at radius 2 is 2.00 bits per heavy atom. The van der Waals surface area contributed by atoms with Crippen molar-refractivity contribution in [2.75, 3.05) is 17.2 Å². The Morgan fingerprint density at radius 3 is 2.70 bits per heavy atom. The standard InChI is InChI=1S/C22H24N6O2/c1-3-23-20-17(13-25-28(20)19-6-4-5-11-24-19)22(30)27-18-12-15(8-7-14(18)2)21(29)26-16-9-10-16/h4-8,11-13,16,23H,3,9-10H2,1-2H3,(H,26,29)(H,27,30). The first-order valence-electron chi connectivity index (χ1n) is 10.0. The zero-order valence-electron chi connectivity index (χ0n) is 17.0. The van der Waals surface area contributed by atoms with E-state index in [1.807, 2.05) is 38.1 Å². The van der Waals surface area contributed by atoms with E-state index in [1.165, 1.54) is 6.20 Å². The molecule has 3 aromatic rings. The Labute approximate surface area is 174 Å². The molecule has 0 saturated heterocycles. The molecule has 2 heterocycles. The summed E-state index contributed by atoms with van der Waals surface area (Å²) in [5, 5.41) is 13.4. The molecule has 154 valence electrons. The third kappa shape index (κ3) is 4.17. The number of anilines is 2. The number of hydrogen-bond donors (Lipinski definition) is 3. The van der Waals surface area contributed by atoms with E-state index in [0.717, 1.165) is 18.4 Å². The molecule has 1 saturated carbocycles. The minimum Gasteiger partial charge on any atom is -0.370 e. The van der Waals surface area contributed by atoms with Crippen LogP contribution < -0.4 is 16.0 Å². The van der Waals surface area contributed by atoms with Gasteiger partial charge in [-0.15, -0.1) is 0 Å². The lowest BCUT2D eigenvalue weighted by Gasteiger charge is -2.12. The van der Waals surface area contributed by atoms with Crippen LogP contribution in [0.15, 0.2) is 48.8 Å². The van der Waals surface area contributed by atoms with E-state index in [2.05, 4.69) is 26.0 Å². The molecule has 2 amide bonds. The minimum absolute atomic E-state index is 0.121. The largest absolute Gasteiger partial charge is 0.370 e. The first-order chi connectivity index (χ1) is 14.6. The van der Waals surface area contributed by atoms with Crippen molar-refractivity contribution < 1.29 is 9.59 Å². The number of aromatic nitrogens is 3. The van der Waals surface area contributed by atoms with Gasteiger partial charge in [-0.25, -0.2) is 4.98 Å². The molecule has 1 aliphatic carbocycles. The summed E-state index contributed by atoms with van der Waals surface area (Å²) < 4.78 is 1.60. The number of carbonyl (C=O) groups is 2. The van der Waals surface area contributed by atoms with Crippen LogP contribution >= 0.6 is 0 Å². The predicted octanol–water partition coefficient (Wildman–Crippen LogP) is 3.15. The molecule has 1 aliphatic rings. The van der Waals surface area contributed by atoms with Crippen molar-refractivity contribution in [2.24, 2.45) is 0 Å². The maximum Gasteiger partial charge on any atom is 0.261 e. The third-order valence-electron chi connectivity index (χ3n) is 4.88. The van der Waals surface area contributed by atoms with E-state index in [1.54, 1.807) is 23.0 Å². The summed E-state index contributed by atoms with van der Waals surface area (Å²) in [4.78, 5) is 29.7. The smallest absolute Gasteiger partial charge is 0.261 e. The Morgan fingerprint density at radius 1 is 1.17 bits per heavy atom. The lowest BCUT2D eigenvalue weighted by Crippen LogP contribution is -2.25. The van der Waals surface area contributed by atoms with Gasteiger partial charge >= 0.3 is 0 Å². The van der Waals surface area contributed by atoms with E-state index in [4.69, 9.17) is 0 Å². The fourth-order valence-electron chi connectivity index (χ4n) is 3.09. The lowest BCUT2D eigenvalue weighted by atomic mass is 10.1. The number of aryl methyl sites for hydroxylation is 1. The van der Waals surface area contributed by atoms with Crippen molar-refractivity contribution in [1.82, 2.24) is 20.1 Å². The molecule has 1 fully saturated rings. The molecule has 8 nitrogen and oxygen atoms in total. The van der Waals surface area contributed by atoms with Gasteiger partial charge in [0.15, 0.2) is 5.82 Å². The van der Waals surface area contributed by atoms with E-state index < -0.39 is 0 Å². The van der Waals surface area contributed by atoms with Gasteiger partial charge in [-0.05, 0) is 56.5 Å². The van der Waals surface area contributed by atoms with Crippen LogP contribution in [0.4, 0.5) is 11.5 Å². The van der Waals surface area contributed by atoms with Gasteiger partial charge in [0.05, 0.1) is 6.20 Å². The topological polar surface area (TPSA) is 101 Å². The number of benzene rings is 1. The van der Waals surface area contributed by atoms with Gasteiger partial charge in [0, 0.05) is 30.0 Å². The molecule has 0 atom stereocenters. The molecule has 8 heteroatoms. The van der Waals surface area contributed by atoms with Crippen LogP contribution in [0, 0.1) is 6.92 Å². The van der Waals surface area contributed by atoms with Crippen molar-refractivity contribution in [2.45, 2.75) is 32.7 Å². The number of rotatable bonds is 7. The van der Waals surface area contributed by atoms with E-state index in [0.29, 0.717) is 35.0 Å². The lowest BCUT2D eigenvalue weighted by molar-refractivity contribution is 0.0949. The number of nitrogens with zero attached hydrogens (tertiary/aromatic N) is 3. The van der Waals surface area contributed by atoms with E-state index in [-0.39, 0.29) is 17.9 Å². The maximum absolute atomic E-state index is 13.1.